The van der Waals surface area contributed by atoms with E-state index in [1.54, 1.807) is 16.2 Å². The second-order valence-corrected chi connectivity index (χ2v) is 5.63. The molecule has 7 nitrogen and oxygen atoms in total. The van der Waals surface area contributed by atoms with Gasteiger partial charge in [0, 0.05) is 24.4 Å². The lowest BCUT2D eigenvalue weighted by molar-refractivity contribution is 0.0688. The van der Waals surface area contributed by atoms with Crippen molar-refractivity contribution in [3.63, 3.8) is 0 Å². The number of nitrogens with zero attached hydrogens (tertiary/aromatic N) is 5. The van der Waals surface area contributed by atoms with Gasteiger partial charge in [-0.05, 0) is 24.5 Å². The van der Waals surface area contributed by atoms with Crippen molar-refractivity contribution in [2.75, 3.05) is 0 Å². The second-order valence-electron chi connectivity index (χ2n) is 5.63. The van der Waals surface area contributed by atoms with E-state index in [0.717, 1.165) is 28.0 Å². The molecule has 0 radical (unpaired) electrons. The summed E-state index contributed by atoms with van der Waals surface area (Å²) in [5, 5.41) is 17.7. The lowest BCUT2D eigenvalue weighted by atomic mass is 9.96. The Kier molecular flexibility index (Phi) is 3.20. The molecule has 0 aliphatic rings. The Hall–Kier alpha value is -2.70. The maximum absolute atomic E-state index is 11.5. The highest BCUT2D eigenvalue weighted by Crippen LogP contribution is 2.32. The summed E-state index contributed by atoms with van der Waals surface area (Å²) >= 11 is 0. The van der Waals surface area contributed by atoms with Crippen molar-refractivity contribution >= 4 is 11.6 Å². The van der Waals surface area contributed by atoms with Crippen LogP contribution >= 0.6 is 0 Å². The standard InChI is InChI=1S/C15H17N5O2/c1-8(2)11-12(15(21)22)18-19(4)13(11)10-5-9(3)14-16-7-17-20(14)6-10/h5-8H,1-4H3,(H,21,22). The van der Waals surface area contributed by atoms with Crippen molar-refractivity contribution in [2.45, 2.75) is 26.7 Å². The van der Waals surface area contributed by atoms with Gasteiger partial charge < -0.3 is 5.11 Å². The molecule has 3 rings (SSSR count). The second kappa shape index (κ2) is 4.94. The number of pyridine rings is 1. The molecule has 1 N–H and O–H groups in total. The first-order valence-corrected chi connectivity index (χ1v) is 7.00. The van der Waals surface area contributed by atoms with Gasteiger partial charge in [0.25, 0.3) is 0 Å². The molecule has 0 saturated heterocycles. The monoisotopic (exact) mass is 299 g/mol. The molecule has 3 heterocycles. The van der Waals surface area contributed by atoms with Gasteiger partial charge in [-0.25, -0.2) is 14.3 Å². The highest BCUT2D eigenvalue weighted by molar-refractivity contribution is 5.90. The topological polar surface area (TPSA) is 85.3 Å². The Bertz CT molecular complexity index is 876. The Morgan fingerprint density at radius 3 is 2.73 bits per heavy atom. The highest BCUT2D eigenvalue weighted by Gasteiger charge is 2.25. The Labute approximate surface area is 127 Å². The number of aromatic carboxylic acids is 1. The fourth-order valence-electron chi connectivity index (χ4n) is 2.81. The molecule has 22 heavy (non-hydrogen) atoms. The van der Waals surface area contributed by atoms with Gasteiger partial charge in [-0.1, -0.05) is 13.8 Å². The van der Waals surface area contributed by atoms with Crippen LogP contribution in [0.2, 0.25) is 0 Å². The van der Waals surface area contributed by atoms with Crippen LogP contribution in [0.5, 0.6) is 0 Å². The molecule has 3 aromatic rings. The van der Waals surface area contributed by atoms with Crippen LogP contribution in [0.3, 0.4) is 0 Å². The number of carboxylic acids is 1. The molecule has 0 unspecified atom stereocenters. The minimum absolute atomic E-state index is 0.0431. The van der Waals surface area contributed by atoms with E-state index in [9.17, 15) is 9.90 Å². The molecule has 0 atom stereocenters. The summed E-state index contributed by atoms with van der Waals surface area (Å²) in [7, 11) is 1.76. The molecular weight excluding hydrogens is 282 g/mol. The van der Waals surface area contributed by atoms with Gasteiger partial charge in [0.15, 0.2) is 11.3 Å². The third-order valence-corrected chi connectivity index (χ3v) is 3.70. The van der Waals surface area contributed by atoms with Gasteiger partial charge in [0.1, 0.15) is 6.33 Å². The molecule has 0 saturated carbocycles. The third kappa shape index (κ3) is 2.05. The summed E-state index contributed by atoms with van der Waals surface area (Å²) in [4.78, 5) is 15.7. The summed E-state index contributed by atoms with van der Waals surface area (Å²) in [6.45, 7) is 5.89. The van der Waals surface area contributed by atoms with Crippen LogP contribution in [0.25, 0.3) is 16.9 Å². The summed E-state index contributed by atoms with van der Waals surface area (Å²) in [5.74, 6) is -0.967. The molecular formula is C15H17N5O2. The lowest BCUT2D eigenvalue weighted by Gasteiger charge is -2.11. The van der Waals surface area contributed by atoms with E-state index in [2.05, 4.69) is 15.2 Å². The van der Waals surface area contributed by atoms with Crippen LogP contribution in [0.15, 0.2) is 18.6 Å². The number of carboxylic acid groups (broad SMARTS) is 1. The molecule has 0 bridgehead atoms. The number of aryl methyl sites for hydroxylation is 2. The van der Waals surface area contributed by atoms with Gasteiger partial charge in [-0.15, -0.1) is 0 Å². The average molecular weight is 299 g/mol. The Morgan fingerprint density at radius 2 is 2.09 bits per heavy atom. The maximum atomic E-state index is 11.5. The van der Waals surface area contributed by atoms with E-state index in [-0.39, 0.29) is 11.6 Å². The van der Waals surface area contributed by atoms with Crippen molar-refractivity contribution < 1.29 is 9.90 Å². The molecule has 0 amide bonds. The fourth-order valence-corrected chi connectivity index (χ4v) is 2.81. The number of hydrogen-bond acceptors (Lipinski definition) is 4. The van der Waals surface area contributed by atoms with Crippen LogP contribution in [0.1, 0.15) is 41.4 Å². The van der Waals surface area contributed by atoms with E-state index in [1.807, 2.05) is 33.0 Å². The van der Waals surface area contributed by atoms with Crippen molar-refractivity contribution in [3.05, 3.63) is 35.4 Å². The molecule has 114 valence electrons. The van der Waals surface area contributed by atoms with Gasteiger partial charge in [-0.2, -0.15) is 10.2 Å². The summed E-state index contributed by atoms with van der Waals surface area (Å²) in [6.07, 6.45) is 3.35. The Balaban J connectivity index is 2.32. The predicted octanol–water partition coefficient (Wildman–Crippen LogP) is 2.26. The first-order chi connectivity index (χ1) is 10.4. The van der Waals surface area contributed by atoms with Crippen molar-refractivity contribution in [3.8, 4) is 11.3 Å². The maximum Gasteiger partial charge on any atom is 0.356 e. The highest BCUT2D eigenvalue weighted by atomic mass is 16.4. The van der Waals surface area contributed by atoms with Crippen molar-refractivity contribution in [1.29, 1.82) is 0 Å². The minimum atomic E-state index is -1.01. The van der Waals surface area contributed by atoms with Gasteiger partial charge >= 0.3 is 5.97 Å². The number of hydrogen-bond donors (Lipinski definition) is 1. The van der Waals surface area contributed by atoms with Crippen LogP contribution in [0, 0.1) is 6.92 Å². The largest absolute Gasteiger partial charge is 0.476 e. The minimum Gasteiger partial charge on any atom is -0.476 e. The van der Waals surface area contributed by atoms with Gasteiger partial charge in [0.2, 0.25) is 0 Å². The summed E-state index contributed by atoms with van der Waals surface area (Å²) in [5.41, 5.74) is 4.27. The van der Waals surface area contributed by atoms with Crippen molar-refractivity contribution in [2.24, 2.45) is 7.05 Å². The van der Waals surface area contributed by atoms with Crippen LogP contribution in [-0.2, 0) is 7.05 Å². The molecule has 0 fully saturated rings. The molecule has 7 heteroatoms. The molecule has 0 aromatic carbocycles. The first-order valence-electron chi connectivity index (χ1n) is 7.00. The number of rotatable bonds is 3. The van der Waals surface area contributed by atoms with Crippen LogP contribution < -0.4 is 0 Å². The summed E-state index contributed by atoms with van der Waals surface area (Å²) < 4.78 is 3.32. The zero-order chi connectivity index (χ0) is 16.0. The van der Waals surface area contributed by atoms with E-state index in [1.165, 1.54) is 6.33 Å². The number of carbonyl (C=O) groups is 1. The SMILES string of the molecule is Cc1cc(-c2c(C(C)C)c(C(=O)O)nn2C)cn2ncnc12. The number of fused-ring (bicyclic) bond motifs is 1. The third-order valence-electron chi connectivity index (χ3n) is 3.70. The molecule has 0 spiro atoms. The number of aromatic nitrogens is 5. The van der Waals surface area contributed by atoms with Gasteiger partial charge in [0.05, 0.1) is 5.69 Å². The van der Waals surface area contributed by atoms with Crippen molar-refractivity contribution in [1.82, 2.24) is 24.4 Å². The normalized spacial score (nSPS) is 11.5. The van der Waals surface area contributed by atoms with E-state index in [0.29, 0.717) is 0 Å². The van der Waals surface area contributed by atoms with Gasteiger partial charge in [-0.3, -0.25) is 4.68 Å². The van der Waals surface area contributed by atoms with Crippen LogP contribution in [-0.4, -0.2) is 35.5 Å². The molecule has 0 aliphatic carbocycles. The zero-order valence-electron chi connectivity index (χ0n) is 12.9. The first kappa shape index (κ1) is 14.2. The van der Waals surface area contributed by atoms with E-state index in [4.69, 9.17) is 0 Å². The van der Waals surface area contributed by atoms with Crippen LogP contribution in [0.4, 0.5) is 0 Å². The fraction of sp³-hybridized carbons (Fsp3) is 0.333. The zero-order valence-corrected chi connectivity index (χ0v) is 12.9. The molecule has 3 aromatic heterocycles. The quantitative estimate of drug-likeness (QED) is 0.801. The predicted molar refractivity (Wildman–Crippen MR) is 81.0 cm³/mol. The smallest absolute Gasteiger partial charge is 0.356 e. The average Bonchev–Trinajstić information content (AvgIpc) is 3.02. The lowest BCUT2D eigenvalue weighted by Crippen LogP contribution is -2.03. The van der Waals surface area contributed by atoms with E-state index < -0.39 is 5.97 Å². The van der Waals surface area contributed by atoms with E-state index >= 15 is 0 Å². The summed E-state index contributed by atoms with van der Waals surface area (Å²) in [6, 6.07) is 1.98. The Morgan fingerprint density at radius 1 is 1.36 bits per heavy atom. The molecule has 0 aliphatic heterocycles.